The van der Waals surface area contributed by atoms with Crippen molar-refractivity contribution >= 4 is 38.0 Å². The zero-order chi connectivity index (χ0) is 21.9. The van der Waals surface area contributed by atoms with E-state index >= 15 is 0 Å². The molecule has 1 aliphatic carbocycles. The predicted molar refractivity (Wildman–Crippen MR) is 140 cm³/mol. The number of fused-ring (bicyclic) bond motifs is 5. The van der Waals surface area contributed by atoms with Crippen LogP contribution >= 0.6 is 11.3 Å². The quantitative estimate of drug-likeness (QED) is 0.277. The van der Waals surface area contributed by atoms with Crippen molar-refractivity contribution in [3.63, 3.8) is 0 Å². The highest BCUT2D eigenvalue weighted by Gasteiger charge is 2.38. The number of thiazole rings is 1. The van der Waals surface area contributed by atoms with Gasteiger partial charge in [0, 0.05) is 17.2 Å². The van der Waals surface area contributed by atoms with Crippen molar-refractivity contribution in [2.24, 2.45) is 5.92 Å². The molecule has 3 heteroatoms. The lowest BCUT2D eigenvalue weighted by molar-refractivity contribution is 0.427. The molecule has 3 atom stereocenters. The number of aromatic nitrogens is 1. The summed E-state index contributed by atoms with van der Waals surface area (Å²) in [6.07, 6.45) is 5.90. The van der Waals surface area contributed by atoms with E-state index in [0.29, 0.717) is 17.9 Å². The van der Waals surface area contributed by atoms with Gasteiger partial charge in [0.05, 0.1) is 16.3 Å². The molecule has 160 valence electrons. The summed E-state index contributed by atoms with van der Waals surface area (Å²) in [5.41, 5.74) is 7.65. The Balaban J connectivity index is 1.32. The molecule has 1 N–H and O–H groups in total. The number of aryl methyl sites for hydroxylation is 1. The average Bonchev–Trinajstić information content (AvgIpc) is 3.50. The normalized spacial score (nSPS) is 21.2. The van der Waals surface area contributed by atoms with Crippen LogP contribution in [-0.4, -0.2) is 4.98 Å². The summed E-state index contributed by atoms with van der Waals surface area (Å²) in [7, 11) is 0. The van der Waals surface area contributed by atoms with Crippen molar-refractivity contribution in [1.29, 1.82) is 0 Å². The lowest BCUT2D eigenvalue weighted by atomic mass is 9.76. The maximum Gasteiger partial charge on any atom is 0.124 e. The molecule has 0 fully saturated rings. The molecule has 0 unspecified atom stereocenters. The van der Waals surface area contributed by atoms with Crippen LogP contribution in [0.4, 0.5) is 5.69 Å². The number of nitrogens with zero attached hydrogens (tertiary/aromatic N) is 1. The molecule has 4 aromatic carbocycles. The molecule has 5 aromatic rings. The van der Waals surface area contributed by atoms with Crippen molar-refractivity contribution in [2.75, 3.05) is 5.32 Å². The predicted octanol–water partition coefficient (Wildman–Crippen LogP) is 8.25. The van der Waals surface area contributed by atoms with E-state index in [9.17, 15) is 0 Å². The second-order valence-corrected chi connectivity index (χ2v) is 10.4. The molecular formula is C30H24N2S. The van der Waals surface area contributed by atoms with E-state index in [4.69, 9.17) is 4.98 Å². The largest absolute Gasteiger partial charge is 0.378 e. The summed E-state index contributed by atoms with van der Waals surface area (Å²) in [5, 5.41) is 7.70. The Hall–Kier alpha value is -3.43. The summed E-state index contributed by atoms with van der Waals surface area (Å²) < 4.78 is 1.26. The molecule has 0 bridgehead atoms. The highest BCUT2D eigenvalue weighted by molar-refractivity contribution is 7.21. The Kier molecular flexibility index (Phi) is 4.22. The van der Waals surface area contributed by atoms with Gasteiger partial charge in [0.15, 0.2) is 0 Å². The summed E-state index contributed by atoms with van der Waals surface area (Å²) in [6.45, 7) is 2.14. The maximum atomic E-state index is 4.94. The summed E-state index contributed by atoms with van der Waals surface area (Å²) in [4.78, 5) is 4.94. The van der Waals surface area contributed by atoms with Gasteiger partial charge in [-0.25, -0.2) is 4.98 Å². The molecule has 0 spiro atoms. The number of hydrogen-bond acceptors (Lipinski definition) is 3. The van der Waals surface area contributed by atoms with E-state index < -0.39 is 0 Å². The van der Waals surface area contributed by atoms with E-state index in [2.05, 4.69) is 103 Å². The van der Waals surface area contributed by atoms with Gasteiger partial charge >= 0.3 is 0 Å². The van der Waals surface area contributed by atoms with Crippen LogP contribution in [0.25, 0.3) is 31.6 Å². The Morgan fingerprint density at radius 1 is 0.909 bits per heavy atom. The molecule has 2 aliphatic rings. The van der Waals surface area contributed by atoms with Gasteiger partial charge in [0.25, 0.3) is 0 Å². The fraction of sp³-hybridized carbons (Fsp3) is 0.167. The molecule has 1 aromatic heterocycles. The van der Waals surface area contributed by atoms with Crippen LogP contribution < -0.4 is 5.32 Å². The van der Waals surface area contributed by atoms with E-state index in [1.807, 2.05) is 0 Å². The van der Waals surface area contributed by atoms with Crippen LogP contribution in [-0.2, 0) is 0 Å². The minimum Gasteiger partial charge on any atom is -0.378 e. The lowest BCUT2D eigenvalue weighted by Gasteiger charge is -2.38. The molecule has 33 heavy (non-hydrogen) atoms. The Morgan fingerprint density at radius 3 is 2.79 bits per heavy atom. The summed E-state index contributed by atoms with van der Waals surface area (Å²) >= 11 is 1.79. The van der Waals surface area contributed by atoms with Crippen LogP contribution in [0.5, 0.6) is 0 Å². The number of nitrogens with one attached hydrogen (secondary N) is 1. The fourth-order valence-electron chi connectivity index (χ4n) is 5.71. The van der Waals surface area contributed by atoms with Crippen LogP contribution in [0.1, 0.15) is 35.1 Å². The van der Waals surface area contributed by atoms with Crippen molar-refractivity contribution in [1.82, 2.24) is 4.98 Å². The molecular weight excluding hydrogens is 420 g/mol. The molecule has 0 radical (unpaired) electrons. The topological polar surface area (TPSA) is 24.9 Å². The fourth-order valence-corrected chi connectivity index (χ4v) is 6.77. The van der Waals surface area contributed by atoms with E-state index in [1.165, 1.54) is 43.4 Å². The van der Waals surface area contributed by atoms with Gasteiger partial charge in [-0.05, 0) is 77.1 Å². The maximum absolute atomic E-state index is 4.94. The number of anilines is 1. The van der Waals surface area contributed by atoms with Crippen LogP contribution in [0.3, 0.4) is 0 Å². The smallest absolute Gasteiger partial charge is 0.124 e. The number of rotatable bonds is 2. The molecule has 2 nitrogen and oxygen atoms in total. The standard InChI is InChI=1S/C30H24N2S/c1-18-12-14-27-28(16-18)33-30(32-27)20-13-15-26-25(17-20)22-9-5-11-24(22)29(31-26)23-10-4-7-19-6-2-3-8-21(19)23/h2-10,12-17,22,24,29,31H,11H2,1H3/t22-,24+,29+/m1/s1. The first-order valence-electron chi connectivity index (χ1n) is 11.7. The van der Waals surface area contributed by atoms with Gasteiger partial charge in [-0.2, -0.15) is 0 Å². The summed E-state index contributed by atoms with van der Waals surface area (Å²) in [6, 6.07) is 29.2. The zero-order valence-corrected chi connectivity index (χ0v) is 19.3. The van der Waals surface area contributed by atoms with Gasteiger partial charge in [0.1, 0.15) is 5.01 Å². The Bertz CT molecular complexity index is 1560. The molecule has 0 amide bonds. The second kappa shape index (κ2) is 7.29. The van der Waals surface area contributed by atoms with Crippen LogP contribution in [0.15, 0.2) is 91.0 Å². The lowest BCUT2D eigenvalue weighted by Crippen LogP contribution is -2.29. The third-order valence-corrected chi connectivity index (χ3v) is 8.38. The molecule has 1 aliphatic heterocycles. The molecule has 0 saturated heterocycles. The average molecular weight is 445 g/mol. The van der Waals surface area contributed by atoms with Crippen molar-refractivity contribution in [3.05, 3.63) is 108 Å². The van der Waals surface area contributed by atoms with E-state index in [1.54, 1.807) is 11.3 Å². The van der Waals surface area contributed by atoms with Gasteiger partial charge < -0.3 is 5.32 Å². The SMILES string of the molecule is Cc1ccc2nc(-c3ccc4c(c3)[C@@H]3C=CC[C@@H]3[C@H](c3cccc5ccccc35)N4)sc2c1. The van der Waals surface area contributed by atoms with E-state index in [0.717, 1.165) is 16.9 Å². The van der Waals surface area contributed by atoms with E-state index in [-0.39, 0.29) is 0 Å². The van der Waals surface area contributed by atoms with Crippen LogP contribution in [0, 0.1) is 12.8 Å². The highest BCUT2D eigenvalue weighted by Crippen LogP contribution is 2.51. The first-order valence-corrected chi connectivity index (χ1v) is 12.5. The third kappa shape index (κ3) is 3.03. The first kappa shape index (κ1) is 19.1. The number of benzene rings is 4. The Morgan fingerprint density at radius 2 is 1.82 bits per heavy atom. The second-order valence-electron chi connectivity index (χ2n) is 9.34. The summed E-state index contributed by atoms with van der Waals surface area (Å²) in [5.74, 6) is 0.957. The van der Waals surface area contributed by atoms with Gasteiger partial charge in [-0.15, -0.1) is 11.3 Å². The molecule has 2 heterocycles. The Labute approximate surface area is 197 Å². The molecule has 7 rings (SSSR count). The first-order chi connectivity index (χ1) is 16.2. The number of allylic oxidation sites excluding steroid dienone is 2. The molecule has 0 saturated carbocycles. The highest BCUT2D eigenvalue weighted by atomic mass is 32.1. The van der Waals surface area contributed by atoms with Crippen LogP contribution in [0.2, 0.25) is 0 Å². The van der Waals surface area contributed by atoms with Crippen molar-refractivity contribution < 1.29 is 0 Å². The van der Waals surface area contributed by atoms with Gasteiger partial charge in [-0.1, -0.05) is 60.7 Å². The van der Waals surface area contributed by atoms with Crippen molar-refractivity contribution in [2.45, 2.75) is 25.3 Å². The third-order valence-electron chi connectivity index (χ3n) is 7.31. The van der Waals surface area contributed by atoms with Gasteiger partial charge in [0.2, 0.25) is 0 Å². The van der Waals surface area contributed by atoms with Crippen molar-refractivity contribution in [3.8, 4) is 10.6 Å². The minimum absolute atomic E-state index is 0.305. The van der Waals surface area contributed by atoms with Gasteiger partial charge in [-0.3, -0.25) is 0 Å². The number of hydrogen-bond donors (Lipinski definition) is 1. The minimum atomic E-state index is 0.305. The monoisotopic (exact) mass is 444 g/mol. The zero-order valence-electron chi connectivity index (χ0n) is 18.5.